The van der Waals surface area contributed by atoms with Crippen molar-refractivity contribution in [3.63, 3.8) is 0 Å². The lowest BCUT2D eigenvalue weighted by atomic mass is 9.78. The first-order chi connectivity index (χ1) is 9.81. The van der Waals surface area contributed by atoms with Crippen molar-refractivity contribution in [2.45, 2.75) is 38.1 Å². The Morgan fingerprint density at radius 3 is 3.00 bits per heavy atom. The molecule has 4 nitrogen and oxygen atoms in total. The third-order valence-electron chi connectivity index (χ3n) is 4.97. The summed E-state index contributed by atoms with van der Waals surface area (Å²) in [6.07, 6.45) is 7.67. The normalized spacial score (nSPS) is 22.8. The van der Waals surface area contributed by atoms with E-state index in [1.807, 2.05) is 17.9 Å². The molecule has 4 rings (SSSR count). The Hall–Kier alpha value is -1.68. The number of nitrogens with zero attached hydrogens (tertiary/aromatic N) is 3. The summed E-state index contributed by atoms with van der Waals surface area (Å²) in [5.74, 6) is 0.788. The van der Waals surface area contributed by atoms with Gasteiger partial charge in [0.05, 0.1) is 17.6 Å². The van der Waals surface area contributed by atoms with Gasteiger partial charge in [-0.25, -0.2) is 4.68 Å². The van der Waals surface area contributed by atoms with Crippen LogP contribution in [-0.4, -0.2) is 22.0 Å². The monoisotopic (exact) mass is 268 g/mol. The van der Waals surface area contributed by atoms with Crippen LogP contribution in [0.3, 0.4) is 0 Å². The van der Waals surface area contributed by atoms with Crippen LogP contribution in [-0.2, 0) is 6.54 Å². The Kier molecular flexibility index (Phi) is 2.67. The molecule has 1 N–H and O–H groups in total. The molecular weight excluding hydrogens is 248 g/mol. The third-order valence-corrected chi connectivity index (χ3v) is 4.97. The highest BCUT2D eigenvalue weighted by Crippen LogP contribution is 2.70. The van der Waals surface area contributed by atoms with Crippen LogP contribution >= 0.6 is 0 Å². The summed E-state index contributed by atoms with van der Waals surface area (Å²) in [6.45, 7) is 0.755. The molecule has 1 atom stereocenters. The molecule has 1 unspecified atom stereocenters. The highest BCUT2D eigenvalue weighted by atomic mass is 15.4. The lowest BCUT2D eigenvalue weighted by molar-refractivity contribution is 0.277. The van der Waals surface area contributed by atoms with Gasteiger partial charge in [-0.1, -0.05) is 23.8 Å². The van der Waals surface area contributed by atoms with E-state index in [0.717, 1.165) is 23.8 Å². The largest absolute Gasteiger partial charge is 0.314 e. The van der Waals surface area contributed by atoms with Gasteiger partial charge in [0.1, 0.15) is 0 Å². The van der Waals surface area contributed by atoms with Crippen LogP contribution in [0.25, 0.3) is 5.69 Å². The minimum absolute atomic E-state index is 0.679. The molecule has 1 aromatic heterocycles. The van der Waals surface area contributed by atoms with Crippen molar-refractivity contribution in [3.8, 4) is 5.69 Å². The maximum Gasteiger partial charge on any atom is 0.0969 e. The first kappa shape index (κ1) is 12.1. The number of aromatic nitrogens is 3. The fraction of sp³-hybridized carbons (Fsp3) is 0.500. The van der Waals surface area contributed by atoms with Gasteiger partial charge in [0.2, 0.25) is 0 Å². The summed E-state index contributed by atoms with van der Waals surface area (Å²) < 4.78 is 1.88. The second kappa shape index (κ2) is 4.42. The van der Waals surface area contributed by atoms with Gasteiger partial charge >= 0.3 is 0 Å². The van der Waals surface area contributed by atoms with Gasteiger partial charge in [0.15, 0.2) is 0 Å². The summed E-state index contributed by atoms with van der Waals surface area (Å²) in [4.78, 5) is 0. The lowest BCUT2D eigenvalue weighted by Crippen LogP contribution is -2.14. The molecule has 2 aliphatic carbocycles. The zero-order valence-corrected chi connectivity index (χ0v) is 11.8. The van der Waals surface area contributed by atoms with E-state index in [0.29, 0.717) is 5.41 Å². The number of hydrogen-bond acceptors (Lipinski definition) is 3. The second-order valence-electron chi connectivity index (χ2n) is 6.25. The number of benzene rings is 1. The molecule has 0 radical (unpaired) electrons. The van der Waals surface area contributed by atoms with Gasteiger partial charge in [-0.15, -0.1) is 5.10 Å². The first-order valence-electron chi connectivity index (χ1n) is 7.47. The second-order valence-corrected chi connectivity index (χ2v) is 6.25. The molecule has 4 heteroatoms. The molecule has 104 valence electrons. The SMILES string of the molecule is CNCc1cn(-c2cccc(C3CC34CCC4)c2)nn1. The van der Waals surface area contributed by atoms with Crippen molar-refractivity contribution in [2.24, 2.45) is 5.41 Å². The van der Waals surface area contributed by atoms with Crippen LogP contribution in [0, 0.1) is 5.41 Å². The van der Waals surface area contributed by atoms with Crippen LogP contribution in [0.1, 0.15) is 42.9 Å². The molecule has 2 saturated carbocycles. The van der Waals surface area contributed by atoms with Crippen molar-refractivity contribution in [3.05, 3.63) is 41.7 Å². The Morgan fingerprint density at radius 2 is 2.30 bits per heavy atom. The van der Waals surface area contributed by atoms with Crippen LogP contribution in [0.2, 0.25) is 0 Å². The van der Waals surface area contributed by atoms with E-state index >= 15 is 0 Å². The van der Waals surface area contributed by atoms with Crippen molar-refractivity contribution >= 4 is 0 Å². The Labute approximate surface area is 119 Å². The van der Waals surface area contributed by atoms with E-state index in [2.05, 4.69) is 39.9 Å². The average Bonchev–Trinajstić information content (AvgIpc) is 3.05. The minimum atomic E-state index is 0.679. The highest BCUT2D eigenvalue weighted by molar-refractivity contribution is 5.40. The molecule has 0 saturated heterocycles. The van der Waals surface area contributed by atoms with Crippen molar-refractivity contribution in [1.82, 2.24) is 20.3 Å². The summed E-state index contributed by atoms with van der Waals surface area (Å²) in [5, 5.41) is 11.5. The molecule has 0 bridgehead atoms. The fourth-order valence-corrected chi connectivity index (χ4v) is 3.57. The maximum absolute atomic E-state index is 4.22. The van der Waals surface area contributed by atoms with Gasteiger partial charge in [0.25, 0.3) is 0 Å². The van der Waals surface area contributed by atoms with Gasteiger partial charge < -0.3 is 5.32 Å². The van der Waals surface area contributed by atoms with E-state index < -0.39 is 0 Å². The molecule has 2 aliphatic rings. The number of hydrogen-bond donors (Lipinski definition) is 1. The molecule has 2 fully saturated rings. The van der Waals surface area contributed by atoms with E-state index in [1.54, 1.807) is 0 Å². The topological polar surface area (TPSA) is 42.7 Å². The average molecular weight is 268 g/mol. The van der Waals surface area contributed by atoms with E-state index in [1.165, 1.54) is 31.2 Å². The summed E-state index contributed by atoms with van der Waals surface area (Å²) >= 11 is 0. The highest BCUT2D eigenvalue weighted by Gasteiger charge is 2.57. The van der Waals surface area contributed by atoms with E-state index in [4.69, 9.17) is 0 Å². The predicted octanol–water partition coefficient (Wildman–Crippen LogP) is 2.64. The van der Waals surface area contributed by atoms with Crippen molar-refractivity contribution in [2.75, 3.05) is 7.05 Å². The smallest absolute Gasteiger partial charge is 0.0969 e. The van der Waals surface area contributed by atoms with Gasteiger partial charge in [-0.05, 0) is 55.3 Å². The summed E-state index contributed by atoms with van der Waals surface area (Å²) in [5.41, 5.74) is 4.25. The minimum Gasteiger partial charge on any atom is -0.314 e. The summed E-state index contributed by atoms with van der Waals surface area (Å²) in [7, 11) is 1.92. The predicted molar refractivity (Wildman–Crippen MR) is 77.8 cm³/mol. The molecular formula is C16H20N4. The number of rotatable bonds is 4. The Balaban J connectivity index is 1.59. The van der Waals surface area contributed by atoms with Crippen molar-refractivity contribution in [1.29, 1.82) is 0 Å². The standard InChI is InChI=1S/C16H20N4/c1-17-10-13-11-20(19-18-13)14-5-2-4-12(8-14)15-9-16(15)6-3-7-16/h2,4-5,8,11,15,17H,3,6-7,9-10H2,1H3. The summed E-state index contributed by atoms with van der Waals surface area (Å²) in [6, 6.07) is 8.81. The molecule has 0 aliphatic heterocycles. The zero-order valence-electron chi connectivity index (χ0n) is 11.8. The first-order valence-corrected chi connectivity index (χ1v) is 7.47. The lowest BCUT2D eigenvalue weighted by Gasteiger charge is -2.26. The maximum atomic E-state index is 4.22. The molecule has 2 aromatic rings. The number of nitrogens with one attached hydrogen (secondary N) is 1. The quantitative estimate of drug-likeness (QED) is 0.927. The Bertz CT molecular complexity index is 627. The van der Waals surface area contributed by atoms with Crippen LogP contribution < -0.4 is 5.32 Å². The Morgan fingerprint density at radius 1 is 1.40 bits per heavy atom. The molecule has 0 amide bonds. The van der Waals surface area contributed by atoms with Gasteiger partial charge in [-0.2, -0.15) is 0 Å². The van der Waals surface area contributed by atoms with E-state index in [9.17, 15) is 0 Å². The van der Waals surface area contributed by atoms with Crippen molar-refractivity contribution < 1.29 is 0 Å². The molecule has 20 heavy (non-hydrogen) atoms. The molecule has 1 spiro atoms. The van der Waals surface area contributed by atoms with Crippen LogP contribution in [0.4, 0.5) is 0 Å². The fourth-order valence-electron chi connectivity index (χ4n) is 3.57. The van der Waals surface area contributed by atoms with Crippen LogP contribution in [0.15, 0.2) is 30.5 Å². The zero-order chi connectivity index (χ0) is 13.6. The van der Waals surface area contributed by atoms with Crippen LogP contribution in [0.5, 0.6) is 0 Å². The van der Waals surface area contributed by atoms with Gasteiger partial charge in [-0.3, -0.25) is 0 Å². The van der Waals surface area contributed by atoms with Gasteiger partial charge in [0, 0.05) is 6.54 Å². The third kappa shape index (κ3) is 1.86. The molecule has 1 aromatic carbocycles. The van der Waals surface area contributed by atoms with E-state index in [-0.39, 0.29) is 0 Å². The molecule has 1 heterocycles.